The van der Waals surface area contributed by atoms with E-state index < -0.39 is 0 Å². The average molecular weight is 308 g/mol. The van der Waals surface area contributed by atoms with Crippen molar-refractivity contribution in [2.24, 2.45) is 0 Å². The summed E-state index contributed by atoms with van der Waals surface area (Å²) in [5.74, 6) is -0.0898. The third-order valence-electron chi connectivity index (χ3n) is 3.54. The molecule has 0 spiro atoms. The van der Waals surface area contributed by atoms with E-state index in [2.05, 4.69) is 5.32 Å². The highest BCUT2D eigenvalue weighted by Crippen LogP contribution is 2.28. The van der Waals surface area contributed by atoms with Gasteiger partial charge in [0.15, 0.2) is 11.6 Å². The van der Waals surface area contributed by atoms with Crippen LogP contribution in [0.25, 0.3) is 0 Å². The summed E-state index contributed by atoms with van der Waals surface area (Å²) in [5, 5.41) is 3.96. The highest BCUT2D eigenvalue weighted by molar-refractivity contribution is 6.31. The zero-order chi connectivity index (χ0) is 15.4. The number of aryl methyl sites for hydroxylation is 1. The van der Waals surface area contributed by atoms with E-state index in [1.54, 1.807) is 6.07 Å². The van der Waals surface area contributed by atoms with Crippen molar-refractivity contribution in [2.45, 2.75) is 19.4 Å². The Kier molecular flexibility index (Phi) is 5.21. The molecule has 2 rings (SSSR count). The minimum atomic E-state index is -0.347. The molecule has 112 valence electrons. The summed E-state index contributed by atoms with van der Waals surface area (Å²) in [7, 11) is 3.33. The predicted octanol–water partition coefficient (Wildman–Crippen LogP) is 4.30. The Hall–Kier alpha value is -1.58. The van der Waals surface area contributed by atoms with Crippen molar-refractivity contribution in [2.75, 3.05) is 14.2 Å². The molecular formula is C17H19ClFNO. The Morgan fingerprint density at radius 2 is 2.00 bits per heavy atom. The normalized spacial score (nSPS) is 12.2. The largest absolute Gasteiger partial charge is 0.494 e. The number of benzene rings is 2. The maximum Gasteiger partial charge on any atom is 0.165 e. The summed E-state index contributed by atoms with van der Waals surface area (Å²) in [4.78, 5) is 0. The van der Waals surface area contributed by atoms with Gasteiger partial charge in [-0.15, -0.1) is 0 Å². The number of rotatable bonds is 5. The first-order chi connectivity index (χ1) is 10.0. The Bertz CT molecular complexity index is 630. The molecule has 0 aliphatic carbocycles. The minimum Gasteiger partial charge on any atom is -0.494 e. The van der Waals surface area contributed by atoms with Crippen molar-refractivity contribution in [1.82, 2.24) is 5.32 Å². The molecule has 21 heavy (non-hydrogen) atoms. The zero-order valence-electron chi connectivity index (χ0n) is 12.4. The fourth-order valence-corrected chi connectivity index (χ4v) is 2.72. The fourth-order valence-electron chi connectivity index (χ4n) is 2.35. The molecule has 0 saturated carbocycles. The standard InChI is InChI=1S/C17H19ClFNO/c1-11-4-6-13(14(18)8-11)16(20-2)10-12-5-7-17(21-3)15(19)9-12/h4-9,16,20H,10H2,1-3H3. The van der Waals surface area contributed by atoms with Crippen molar-refractivity contribution < 1.29 is 9.13 Å². The van der Waals surface area contributed by atoms with Gasteiger partial charge in [-0.05, 0) is 55.3 Å². The summed E-state index contributed by atoms with van der Waals surface area (Å²) in [6.07, 6.45) is 0.653. The number of ether oxygens (including phenoxy) is 1. The van der Waals surface area contributed by atoms with Crippen LogP contribution in [0.1, 0.15) is 22.7 Å². The van der Waals surface area contributed by atoms with Gasteiger partial charge in [0, 0.05) is 11.1 Å². The SMILES string of the molecule is CNC(Cc1ccc(OC)c(F)c1)c1ccc(C)cc1Cl. The van der Waals surface area contributed by atoms with Crippen LogP contribution < -0.4 is 10.1 Å². The number of nitrogens with one attached hydrogen (secondary N) is 1. The Labute approximate surface area is 129 Å². The summed E-state index contributed by atoms with van der Waals surface area (Å²) in [5.41, 5.74) is 3.03. The molecule has 0 aromatic heterocycles. The second-order valence-corrected chi connectivity index (χ2v) is 5.45. The van der Waals surface area contributed by atoms with Crippen LogP contribution in [-0.4, -0.2) is 14.2 Å². The van der Waals surface area contributed by atoms with Crippen molar-refractivity contribution in [1.29, 1.82) is 0 Å². The van der Waals surface area contributed by atoms with E-state index in [-0.39, 0.29) is 17.6 Å². The molecule has 2 aromatic carbocycles. The van der Waals surface area contributed by atoms with E-state index in [9.17, 15) is 4.39 Å². The van der Waals surface area contributed by atoms with Crippen molar-refractivity contribution >= 4 is 11.6 Å². The third-order valence-corrected chi connectivity index (χ3v) is 3.86. The summed E-state index contributed by atoms with van der Waals surface area (Å²) in [6.45, 7) is 2.00. The van der Waals surface area contributed by atoms with E-state index in [1.807, 2.05) is 38.2 Å². The van der Waals surface area contributed by atoms with Crippen LogP contribution in [0.2, 0.25) is 5.02 Å². The van der Waals surface area contributed by atoms with E-state index in [1.165, 1.54) is 13.2 Å². The van der Waals surface area contributed by atoms with Crippen molar-refractivity contribution in [3.8, 4) is 5.75 Å². The van der Waals surface area contributed by atoms with E-state index in [0.29, 0.717) is 6.42 Å². The highest BCUT2D eigenvalue weighted by Gasteiger charge is 2.15. The first-order valence-corrected chi connectivity index (χ1v) is 7.18. The van der Waals surface area contributed by atoms with Gasteiger partial charge < -0.3 is 10.1 Å². The van der Waals surface area contributed by atoms with E-state index in [4.69, 9.17) is 16.3 Å². The summed E-state index contributed by atoms with van der Waals surface area (Å²) >= 11 is 6.31. The Balaban J connectivity index is 2.24. The maximum absolute atomic E-state index is 13.8. The van der Waals surface area contributed by atoms with Gasteiger partial charge >= 0.3 is 0 Å². The predicted molar refractivity (Wildman–Crippen MR) is 84.6 cm³/mol. The topological polar surface area (TPSA) is 21.3 Å². The second kappa shape index (κ2) is 6.92. The van der Waals surface area contributed by atoms with Crippen molar-refractivity contribution in [3.63, 3.8) is 0 Å². The van der Waals surface area contributed by atoms with E-state index >= 15 is 0 Å². The number of hydrogen-bond donors (Lipinski definition) is 1. The van der Waals surface area contributed by atoms with Gasteiger partial charge in [0.1, 0.15) is 0 Å². The number of methoxy groups -OCH3 is 1. The molecule has 2 nitrogen and oxygen atoms in total. The lowest BCUT2D eigenvalue weighted by molar-refractivity contribution is 0.386. The molecule has 0 heterocycles. The average Bonchev–Trinajstić information content (AvgIpc) is 2.45. The van der Waals surface area contributed by atoms with Crippen LogP contribution in [0, 0.1) is 12.7 Å². The first-order valence-electron chi connectivity index (χ1n) is 6.81. The van der Waals surface area contributed by atoms with Gasteiger partial charge in [-0.2, -0.15) is 0 Å². The molecule has 0 fully saturated rings. The lowest BCUT2D eigenvalue weighted by Gasteiger charge is -2.19. The van der Waals surface area contributed by atoms with Gasteiger partial charge in [-0.1, -0.05) is 29.8 Å². The van der Waals surface area contributed by atoms with Gasteiger partial charge in [-0.25, -0.2) is 4.39 Å². The van der Waals surface area contributed by atoms with Gasteiger partial charge in [-0.3, -0.25) is 0 Å². The lowest BCUT2D eigenvalue weighted by Crippen LogP contribution is -2.19. The molecule has 4 heteroatoms. The van der Waals surface area contributed by atoms with Gasteiger partial charge in [0.2, 0.25) is 0 Å². The summed E-state index contributed by atoms with van der Waals surface area (Å²) in [6, 6.07) is 11.0. The molecule has 1 atom stereocenters. The van der Waals surface area contributed by atoms with Crippen LogP contribution in [0.15, 0.2) is 36.4 Å². The maximum atomic E-state index is 13.8. The molecule has 0 bridgehead atoms. The fraction of sp³-hybridized carbons (Fsp3) is 0.294. The van der Waals surface area contributed by atoms with Crippen LogP contribution in [0.4, 0.5) is 4.39 Å². The molecule has 2 aromatic rings. The molecule has 0 saturated heterocycles. The quantitative estimate of drug-likeness (QED) is 0.889. The number of hydrogen-bond acceptors (Lipinski definition) is 2. The molecule has 1 N–H and O–H groups in total. The Morgan fingerprint density at radius 3 is 2.57 bits per heavy atom. The second-order valence-electron chi connectivity index (χ2n) is 5.04. The van der Waals surface area contributed by atoms with E-state index in [0.717, 1.165) is 21.7 Å². The van der Waals surface area contributed by atoms with Crippen LogP contribution in [0.3, 0.4) is 0 Å². The van der Waals surface area contributed by atoms with Crippen LogP contribution in [0.5, 0.6) is 5.75 Å². The molecule has 0 aliphatic heterocycles. The molecule has 0 radical (unpaired) electrons. The Morgan fingerprint density at radius 1 is 1.24 bits per heavy atom. The van der Waals surface area contributed by atoms with Crippen LogP contribution in [-0.2, 0) is 6.42 Å². The third kappa shape index (κ3) is 3.74. The molecular weight excluding hydrogens is 289 g/mol. The van der Waals surface area contributed by atoms with Gasteiger partial charge in [0.05, 0.1) is 7.11 Å². The number of likely N-dealkylation sites (N-methyl/N-ethyl adjacent to an activating group) is 1. The van der Waals surface area contributed by atoms with Crippen molar-refractivity contribution in [3.05, 3.63) is 63.9 Å². The highest BCUT2D eigenvalue weighted by atomic mass is 35.5. The molecule has 1 unspecified atom stereocenters. The zero-order valence-corrected chi connectivity index (χ0v) is 13.2. The number of halogens is 2. The smallest absolute Gasteiger partial charge is 0.165 e. The molecule has 0 amide bonds. The lowest BCUT2D eigenvalue weighted by atomic mass is 9.98. The van der Waals surface area contributed by atoms with Crippen LogP contribution >= 0.6 is 11.6 Å². The minimum absolute atomic E-state index is 0.0332. The molecule has 0 aliphatic rings. The first kappa shape index (κ1) is 15.8. The summed E-state index contributed by atoms with van der Waals surface area (Å²) < 4.78 is 18.7. The monoisotopic (exact) mass is 307 g/mol. The van der Waals surface area contributed by atoms with Gasteiger partial charge in [0.25, 0.3) is 0 Å².